The predicted molar refractivity (Wildman–Crippen MR) is 96.8 cm³/mol. The van der Waals surface area contributed by atoms with Crippen LogP contribution in [0.1, 0.15) is 43.7 Å². The number of unbranched alkanes of at least 4 members (excludes halogenated alkanes) is 1. The highest BCUT2D eigenvalue weighted by Crippen LogP contribution is 2.13. The smallest absolute Gasteiger partial charge is 0.194 e. The molecule has 4 nitrogen and oxygen atoms in total. The van der Waals surface area contributed by atoms with Gasteiger partial charge in [-0.2, -0.15) is 0 Å². The number of hydrogen-bond donors (Lipinski definition) is 1. The van der Waals surface area contributed by atoms with E-state index in [-0.39, 0.29) is 0 Å². The second-order valence-electron chi connectivity index (χ2n) is 6.33. The van der Waals surface area contributed by atoms with E-state index in [1.54, 1.807) is 0 Å². The van der Waals surface area contributed by atoms with Crippen LogP contribution in [-0.4, -0.2) is 43.7 Å². The molecule has 0 aliphatic carbocycles. The average molecular weight is 317 g/mol. The van der Waals surface area contributed by atoms with E-state index in [0.29, 0.717) is 6.10 Å². The van der Waals surface area contributed by atoms with Gasteiger partial charge < -0.3 is 15.0 Å². The van der Waals surface area contributed by atoms with Crippen LogP contribution < -0.4 is 5.32 Å². The predicted octanol–water partition coefficient (Wildman–Crippen LogP) is 3.35. The van der Waals surface area contributed by atoms with Crippen LogP contribution in [0.5, 0.6) is 0 Å². The topological polar surface area (TPSA) is 36.9 Å². The second-order valence-corrected chi connectivity index (χ2v) is 6.33. The van der Waals surface area contributed by atoms with Crippen molar-refractivity contribution < 1.29 is 4.74 Å². The van der Waals surface area contributed by atoms with E-state index in [1.807, 2.05) is 7.11 Å². The lowest BCUT2D eigenvalue weighted by atomic mass is 10.1. The van der Waals surface area contributed by atoms with Gasteiger partial charge in [-0.15, -0.1) is 0 Å². The van der Waals surface area contributed by atoms with E-state index < -0.39 is 0 Å². The van der Waals surface area contributed by atoms with Crippen LogP contribution in [-0.2, 0) is 11.3 Å². The highest BCUT2D eigenvalue weighted by molar-refractivity contribution is 5.80. The molecule has 2 rings (SSSR count). The van der Waals surface area contributed by atoms with Gasteiger partial charge in [-0.25, -0.2) is 4.99 Å². The fourth-order valence-corrected chi connectivity index (χ4v) is 2.81. The Morgan fingerprint density at radius 1 is 1.26 bits per heavy atom. The summed E-state index contributed by atoms with van der Waals surface area (Å²) in [5.74, 6) is 1.05. The summed E-state index contributed by atoms with van der Waals surface area (Å²) in [7, 11) is 1.81. The Morgan fingerprint density at radius 3 is 2.57 bits per heavy atom. The SMILES string of the molecule is CCCCNC(=NCc1ccc(C)cc1)N1CCC(OC)CC1. The molecule has 0 atom stereocenters. The minimum atomic E-state index is 0.403. The number of aryl methyl sites for hydroxylation is 1. The summed E-state index contributed by atoms with van der Waals surface area (Å²) in [5, 5.41) is 3.54. The summed E-state index contributed by atoms with van der Waals surface area (Å²) in [6.45, 7) is 8.10. The summed E-state index contributed by atoms with van der Waals surface area (Å²) in [6, 6.07) is 8.64. The molecular weight excluding hydrogens is 286 g/mol. The molecule has 1 heterocycles. The van der Waals surface area contributed by atoms with Gasteiger partial charge in [0.1, 0.15) is 0 Å². The number of benzene rings is 1. The monoisotopic (exact) mass is 317 g/mol. The number of guanidine groups is 1. The van der Waals surface area contributed by atoms with Crippen LogP contribution in [0, 0.1) is 6.92 Å². The molecule has 0 bridgehead atoms. The number of likely N-dealkylation sites (tertiary alicyclic amines) is 1. The van der Waals surface area contributed by atoms with Crippen LogP contribution >= 0.6 is 0 Å². The van der Waals surface area contributed by atoms with Gasteiger partial charge in [0.2, 0.25) is 0 Å². The van der Waals surface area contributed by atoms with E-state index in [1.165, 1.54) is 24.0 Å². The fourth-order valence-electron chi connectivity index (χ4n) is 2.81. The van der Waals surface area contributed by atoms with Crippen molar-refractivity contribution in [3.05, 3.63) is 35.4 Å². The molecule has 1 saturated heterocycles. The van der Waals surface area contributed by atoms with Crippen molar-refractivity contribution in [1.29, 1.82) is 0 Å². The third-order valence-electron chi connectivity index (χ3n) is 4.42. The average Bonchev–Trinajstić information content (AvgIpc) is 2.59. The molecule has 0 aromatic heterocycles. The molecule has 0 spiro atoms. The Bertz CT molecular complexity index is 476. The Labute approximate surface area is 140 Å². The molecule has 1 aliphatic heterocycles. The Balaban J connectivity index is 1.97. The fraction of sp³-hybridized carbons (Fsp3) is 0.632. The van der Waals surface area contributed by atoms with Gasteiger partial charge in [0.25, 0.3) is 0 Å². The van der Waals surface area contributed by atoms with Gasteiger partial charge in [-0.3, -0.25) is 0 Å². The van der Waals surface area contributed by atoms with E-state index in [2.05, 4.69) is 48.3 Å². The zero-order valence-electron chi connectivity index (χ0n) is 14.8. The number of nitrogens with one attached hydrogen (secondary N) is 1. The molecule has 0 unspecified atom stereocenters. The van der Waals surface area contributed by atoms with E-state index in [9.17, 15) is 0 Å². The lowest BCUT2D eigenvalue weighted by Crippen LogP contribution is -2.47. The summed E-state index contributed by atoms with van der Waals surface area (Å²) >= 11 is 0. The van der Waals surface area contributed by atoms with Crippen LogP contribution in [0.15, 0.2) is 29.3 Å². The number of ether oxygens (including phenoxy) is 1. The molecule has 0 radical (unpaired) electrons. The first-order valence-corrected chi connectivity index (χ1v) is 8.84. The minimum absolute atomic E-state index is 0.403. The van der Waals surface area contributed by atoms with Crippen LogP contribution in [0.3, 0.4) is 0 Å². The zero-order valence-corrected chi connectivity index (χ0v) is 14.8. The van der Waals surface area contributed by atoms with Crippen LogP contribution in [0.25, 0.3) is 0 Å². The van der Waals surface area contributed by atoms with Crippen LogP contribution in [0.4, 0.5) is 0 Å². The number of aliphatic imine (C=N–C) groups is 1. The van der Waals surface area contributed by atoms with Crippen molar-refractivity contribution in [2.24, 2.45) is 4.99 Å². The molecule has 1 fully saturated rings. The van der Waals surface area contributed by atoms with Gasteiger partial charge in [-0.05, 0) is 31.7 Å². The standard InChI is InChI=1S/C19H31N3O/c1-4-5-12-20-19(22-13-10-18(23-3)11-14-22)21-15-17-8-6-16(2)7-9-17/h6-9,18H,4-5,10-15H2,1-3H3,(H,20,21). The number of rotatable bonds is 6. The van der Waals surface area contributed by atoms with Crippen molar-refractivity contribution in [2.45, 2.75) is 52.2 Å². The molecular formula is C19H31N3O. The molecule has 0 amide bonds. The van der Waals surface area contributed by atoms with Crippen molar-refractivity contribution >= 4 is 5.96 Å². The third kappa shape index (κ3) is 5.87. The lowest BCUT2D eigenvalue weighted by Gasteiger charge is -2.33. The molecule has 128 valence electrons. The van der Waals surface area contributed by atoms with Gasteiger partial charge in [-0.1, -0.05) is 43.2 Å². The van der Waals surface area contributed by atoms with Gasteiger partial charge >= 0.3 is 0 Å². The number of nitrogens with zero attached hydrogens (tertiary/aromatic N) is 2. The Hall–Kier alpha value is -1.55. The molecule has 4 heteroatoms. The van der Waals surface area contributed by atoms with Crippen molar-refractivity contribution in [3.63, 3.8) is 0 Å². The maximum atomic E-state index is 5.47. The Kier molecular flexibility index (Phi) is 7.40. The first-order chi connectivity index (χ1) is 11.2. The van der Waals surface area contributed by atoms with Gasteiger partial charge in [0.05, 0.1) is 12.6 Å². The van der Waals surface area contributed by atoms with Crippen LogP contribution in [0.2, 0.25) is 0 Å². The van der Waals surface area contributed by atoms with E-state index in [4.69, 9.17) is 9.73 Å². The second kappa shape index (κ2) is 9.56. The maximum absolute atomic E-state index is 5.47. The molecule has 1 aromatic carbocycles. The van der Waals surface area contributed by atoms with Crippen molar-refractivity contribution in [1.82, 2.24) is 10.2 Å². The number of piperidine rings is 1. The zero-order chi connectivity index (χ0) is 16.5. The highest BCUT2D eigenvalue weighted by atomic mass is 16.5. The number of methoxy groups -OCH3 is 1. The van der Waals surface area contributed by atoms with Gasteiger partial charge in [0, 0.05) is 26.7 Å². The highest BCUT2D eigenvalue weighted by Gasteiger charge is 2.21. The van der Waals surface area contributed by atoms with E-state index >= 15 is 0 Å². The summed E-state index contributed by atoms with van der Waals surface area (Å²) in [4.78, 5) is 7.24. The minimum Gasteiger partial charge on any atom is -0.381 e. The lowest BCUT2D eigenvalue weighted by molar-refractivity contribution is 0.0570. The first-order valence-electron chi connectivity index (χ1n) is 8.84. The maximum Gasteiger partial charge on any atom is 0.194 e. The largest absolute Gasteiger partial charge is 0.381 e. The normalized spacial score (nSPS) is 16.7. The number of hydrogen-bond acceptors (Lipinski definition) is 2. The quantitative estimate of drug-likeness (QED) is 0.497. The van der Waals surface area contributed by atoms with Gasteiger partial charge in [0.15, 0.2) is 5.96 Å². The molecule has 0 saturated carbocycles. The van der Waals surface area contributed by atoms with Crippen molar-refractivity contribution in [2.75, 3.05) is 26.7 Å². The molecule has 23 heavy (non-hydrogen) atoms. The first kappa shape index (κ1) is 17.8. The van der Waals surface area contributed by atoms with E-state index in [0.717, 1.165) is 45.0 Å². The molecule has 1 N–H and O–H groups in total. The summed E-state index contributed by atoms with van der Waals surface area (Å²) < 4.78 is 5.47. The Morgan fingerprint density at radius 2 is 1.96 bits per heavy atom. The summed E-state index contributed by atoms with van der Waals surface area (Å²) in [5.41, 5.74) is 2.55. The summed E-state index contributed by atoms with van der Waals surface area (Å²) in [6.07, 6.45) is 4.94. The van der Waals surface area contributed by atoms with Crippen molar-refractivity contribution in [3.8, 4) is 0 Å². The molecule has 1 aliphatic rings. The molecule has 1 aromatic rings. The third-order valence-corrected chi connectivity index (χ3v) is 4.42.